The molecule has 19 heavy (non-hydrogen) atoms. The lowest BCUT2D eigenvalue weighted by atomic mass is 10.0. The zero-order valence-corrected chi connectivity index (χ0v) is 11.2. The van der Waals surface area contributed by atoms with E-state index in [0.29, 0.717) is 11.8 Å². The molecule has 0 unspecified atom stereocenters. The van der Waals surface area contributed by atoms with Crippen LogP contribution in [0.15, 0.2) is 24.8 Å². The molecule has 0 aromatic carbocycles. The Morgan fingerprint density at radius 1 is 1.37 bits per heavy atom. The van der Waals surface area contributed by atoms with Crippen LogP contribution in [-0.4, -0.2) is 39.9 Å². The molecule has 0 aliphatic carbocycles. The largest absolute Gasteiger partial charge is 0.481 e. The molecule has 1 aliphatic rings. The Bertz CT molecular complexity index is 562. The Balaban J connectivity index is 1.57. The quantitative estimate of drug-likeness (QED) is 0.823. The van der Waals surface area contributed by atoms with Crippen LogP contribution < -0.4 is 9.64 Å². The molecular weight excluding hydrogens is 242 g/mol. The van der Waals surface area contributed by atoms with Crippen molar-refractivity contribution >= 4 is 5.82 Å². The molecule has 0 amide bonds. The fourth-order valence-corrected chi connectivity index (χ4v) is 2.32. The van der Waals surface area contributed by atoms with Gasteiger partial charge in [0.2, 0.25) is 5.88 Å². The van der Waals surface area contributed by atoms with Gasteiger partial charge in [0.1, 0.15) is 12.1 Å². The maximum absolute atomic E-state index is 5.11. The lowest BCUT2D eigenvalue weighted by Crippen LogP contribution is -2.49. The van der Waals surface area contributed by atoms with Gasteiger partial charge in [0.05, 0.1) is 13.3 Å². The van der Waals surface area contributed by atoms with Gasteiger partial charge in [-0.3, -0.25) is 4.68 Å². The van der Waals surface area contributed by atoms with Crippen molar-refractivity contribution < 1.29 is 4.74 Å². The first-order chi connectivity index (χ1) is 9.24. The van der Waals surface area contributed by atoms with E-state index < -0.39 is 0 Å². The lowest BCUT2D eigenvalue weighted by Gasteiger charge is -2.40. The molecule has 100 valence electrons. The van der Waals surface area contributed by atoms with Crippen molar-refractivity contribution in [3.05, 3.63) is 30.4 Å². The number of rotatable bonds is 4. The fraction of sp³-hybridized carbons (Fsp3) is 0.462. The van der Waals surface area contributed by atoms with Crippen molar-refractivity contribution in [2.75, 3.05) is 25.1 Å². The van der Waals surface area contributed by atoms with Crippen LogP contribution in [0.25, 0.3) is 0 Å². The molecule has 2 aromatic heterocycles. The Labute approximate surface area is 112 Å². The van der Waals surface area contributed by atoms with Crippen molar-refractivity contribution in [3.8, 4) is 5.88 Å². The van der Waals surface area contributed by atoms with E-state index in [0.717, 1.165) is 25.5 Å². The summed E-state index contributed by atoms with van der Waals surface area (Å²) in [6.45, 7) is 5.02. The average Bonchev–Trinajstić information content (AvgIpc) is 2.79. The zero-order valence-electron chi connectivity index (χ0n) is 11.2. The van der Waals surface area contributed by atoms with Crippen LogP contribution in [0.2, 0.25) is 0 Å². The fourth-order valence-electron chi connectivity index (χ4n) is 2.32. The molecule has 1 fully saturated rings. The first kappa shape index (κ1) is 12.0. The minimum atomic E-state index is 0.608. The third-order valence-electron chi connectivity index (χ3n) is 3.33. The second kappa shape index (κ2) is 4.87. The number of hydrogen-bond donors (Lipinski definition) is 0. The monoisotopic (exact) mass is 259 g/mol. The molecule has 1 aliphatic heterocycles. The van der Waals surface area contributed by atoms with E-state index in [1.54, 1.807) is 13.4 Å². The summed E-state index contributed by atoms with van der Waals surface area (Å²) in [6, 6.07) is 1.87. The van der Waals surface area contributed by atoms with Gasteiger partial charge in [0, 0.05) is 37.8 Å². The van der Waals surface area contributed by atoms with E-state index in [1.165, 1.54) is 5.56 Å². The van der Waals surface area contributed by atoms with Crippen molar-refractivity contribution in [2.24, 2.45) is 5.92 Å². The van der Waals surface area contributed by atoms with E-state index in [9.17, 15) is 0 Å². The summed E-state index contributed by atoms with van der Waals surface area (Å²) in [6.07, 6.45) is 5.51. The van der Waals surface area contributed by atoms with Gasteiger partial charge < -0.3 is 9.64 Å². The number of methoxy groups -OCH3 is 1. The van der Waals surface area contributed by atoms with E-state index in [4.69, 9.17) is 4.74 Å². The standard InChI is InChI=1S/C13H17N5O/c1-10-4-16-18(5-10)8-11-6-17(7-11)12-3-13(19-2)15-9-14-12/h3-5,9,11H,6-8H2,1-2H3. The summed E-state index contributed by atoms with van der Waals surface area (Å²) in [4.78, 5) is 10.5. The van der Waals surface area contributed by atoms with Crippen LogP contribution in [0.5, 0.6) is 5.88 Å². The number of hydrogen-bond acceptors (Lipinski definition) is 5. The molecule has 0 atom stereocenters. The maximum Gasteiger partial charge on any atom is 0.218 e. The van der Waals surface area contributed by atoms with Crippen LogP contribution >= 0.6 is 0 Å². The van der Waals surface area contributed by atoms with E-state index >= 15 is 0 Å². The summed E-state index contributed by atoms with van der Waals surface area (Å²) in [5, 5.41) is 4.32. The summed E-state index contributed by atoms with van der Waals surface area (Å²) >= 11 is 0. The maximum atomic E-state index is 5.11. The van der Waals surface area contributed by atoms with Crippen LogP contribution in [0.3, 0.4) is 0 Å². The van der Waals surface area contributed by atoms with Crippen molar-refractivity contribution in [2.45, 2.75) is 13.5 Å². The zero-order chi connectivity index (χ0) is 13.2. The Kier molecular flexibility index (Phi) is 3.06. The van der Waals surface area contributed by atoms with E-state index in [-0.39, 0.29) is 0 Å². The second-order valence-corrected chi connectivity index (χ2v) is 4.93. The van der Waals surface area contributed by atoms with Crippen LogP contribution in [0, 0.1) is 12.8 Å². The SMILES string of the molecule is COc1cc(N2CC(Cn3cc(C)cn3)C2)ncn1. The minimum Gasteiger partial charge on any atom is -0.481 e. The van der Waals surface area contributed by atoms with Gasteiger partial charge in [-0.05, 0) is 12.5 Å². The average molecular weight is 259 g/mol. The van der Waals surface area contributed by atoms with Crippen molar-refractivity contribution in [3.63, 3.8) is 0 Å². The minimum absolute atomic E-state index is 0.608. The highest BCUT2D eigenvalue weighted by Crippen LogP contribution is 2.25. The van der Waals surface area contributed by atoms with Gasteiger partial charge in [0.25, 0.3) is 0 Å². The van der Waals surface area contributed by atoms with Crippen molar-refractivity contribution in [1.29, 1.82) is 0 Å². The molecule has 2 aromatic rings. The van der Waals surface area contributed by atoms with Gasteiger partial charge >= 0.3 is 0 Å². The smallest absolute Gasteiger partial charge is 0.218 e. The molecule has 0 spiro atoms. The topological polar surface area (TPSA) is 56.1 Å². The van der Waals surface area contributed by atoms with Crippen LogP contribution in [0.4, 0.5) is 5.82 Å². The van der Waals surface area contributed by atoms with Crippen LogP contribution in [0.1, 0.15) is 5.56 Å². The Morgan fingerprint density at radius 2 is 2.21 bits per heavy atom. The molecule has 6 heteroatoms. The predicted molar refractivity (Wildman–Crippen MR) is 71.3 cm³/mol. The summed E-state index contributed by atoms with van der Waals surface area (Å²) in [7, 11) is 1.62. The van der Waals surface area contributed by atoms with Gasteiger partial charge in [0.15, 0.2) is 0 Å². The van der Waals surface area contributed by atoms with E-state index in [1.807, 2.05) is 16.9 Å². The molecule has 0 bridgehead atoms. The Morgan fingerprint density at radius 3 is 2.89 bits per heavy atom. The highest BCUT2D eigenvalue weighted by Gasteiger charge is 2.28. The van der Waals surface area contributed by atoms with Crippen molar-refractivity contribution in [1.82, 2.24) is 19.7 Å². The molecule has 0 N–H and O–H groups in total. The highest BCUT2D eigenvalue weighted by atomic mass is 16.5. The predicted octanol–water partition coefficient (Wildman–Crippen LogP) is 1.13. The van der Waals surface area contributed by atoms with E-state index in [2.05, 4.69) is 33.1 Å². The number of aryl methyl sites for hydroxylation is 1. The normalized spacial score (nSPS) is 15.4. The van der Waals surface area contributed by atoms with Gasteiger partial charge in [-0.1, -0.05) is 0 Å². The third-order valence-corrected chi connectivity index (χ3v) is 3.33. The van der Waals surface area contributed by atoms with Crippen LogP contribution in [-0.2, 0) is 6.54 Å². The first-order valence-corrected chi connectivity index (χ1v) is 6.34. The number of aromatic nitrogens is 4. The van der Waals surface area contributed by atoms with Gasteiger partial charge in [-0.2, -0.15) is 5.10 Å². The van der Waals surface area contributed by atoms with Gasteiger partial charge in [-0.15, -0.1) is 0 Å². The number of nitrogens with zero attached hydrogens (tertiary/aromatic N) is 5. The number of anilines is 1. The third kappa shape index (κ3) is 2.52. The Hall–Kier alpha value is -2.11. The van der Waals surface area contributed by atoms with Gasteiger partial charge in [-0.25, -0.2) is 9.97 Å². The first-order valence-electron chi connectivity index (χ1n) is 6.34. The molecule has 6 nitrogen and oxygen atoms in total. The molecule has 0 saturated carbocycles. The molecule has 0 radical (unpaired) electrons. The summed E-state index contributed by atoms with van der Waals surface area (Å²) in [5.74, 6) is 2.16. The highest BCUT2D eigenvalue weighted by molar-refractivity contribution is 5.43. The lowest BCUT2D eigenvalue weighted by molar-refractivity contribution is 0.339. The second-order valence-electron chi connectivity index (χ2n) is 4.93. The molecule has 1 saturated heterocycles. The summed E-state index contributed by atoms with van der Waals surface area (Å²) < 4.78 is 7.12. The number of ether oxygens (including phenoxy) is 1. The molecule has 3 rings (SSSR count). The molecule has 3 heterocycles. The summed E-state index contributed by atoms with van der Waals surface area (Å²) in [5.41, 5.74) is 1.21. The molecular formula is C13H17N5O.